The van der Waals surface area contributed by atoms with Crippen molar-refractivity contribution >= 4 is 11.6 Å². The Morgan fingerprint density at radius 2 is 1.96 bits per heavy atom. The highest BCUT2D eigenvalue weighted by Crippen LogP contribution is 2.26. The number of nitrogens with one attached hydrogen (secondary N) is 1. The van der Waals surface area contributed by atoms with E-state index in [0.29, 0.717) is 48.5 Å². The summed E-state index contributed by atoms with van der Waals surface area (Å²) in [5, 5.41) is 12.3. The van der Waals surface area contributed by atoms with Crippen molar-refractivity contribution in [1.29, 1.82) is 5.26 Å². The molecule has 0 fully saturated rings. The SMILES string of the molecule is CCCO[C@](C)(CC(C)C)C(=O)Nc1ccc(OCC(C)C)c(C#N)c1. The number of nitrogens with zero attached hydrogens (tertiary/aromatic N) is 1. The lowest BCUT2D eigenvalue weighted by Gasteiger charge is -2.30. The lowest BCUT2D eigenvalue weighted by molar-refractivity contribution is -0.141. The van der Waals surface area contributed by atoms with Gasteiger partial charge in [-0.25, -0.2) is 0 Å². The fourth-order valence-electron chi connectivity index (χ4n) is 2.66. The number of hydrogen-bond donors (Lipinski definition) is 1. The molecule has 0 spiro atoms. The van der Waals surface area contributed by atoms with Crippen molar-refractivity contribution in [3.63, 3.8) is 0 Å². The van der Waals surface area contributed by atoms with Crippen LogP contribution in [0.5, 0.6) is 5.75 Å². The maximum atomic E-state index is 12.8. The van der Waals surface area contributed by atoms with Crippen LogP contribution in [0.2, 0.25) is 0 Å². The predicted octanol–water partition coefficient (Wildman–Crippen LogP) is 4.76. The number of hydrogen-bond acceptors (Lipinski definition) is 4. The third kappa shape index (κ3) is 6.68. The van der Waals surface area contributed by atoms with Crippen molar-refractivity contribution in [3.8, 4) is 11.8 Å². The first-order valence-corrected chi connectivity index (χ1v) is 9.34. The van der Waals surface area contributed by atoms with Gasteiger partial charge in [-0.15, -0.1) is 0 Å². The van der Waals surface area contributed by atoms with Crippen LogP contribution < -0.4 is 10.1 Å². The molecule has 0 saturated carbocycles. The van der Waals surface area contributed by atoms with Gasteiger partial charge in [0.2, 0.25) is 0 Å². The van der Waals surface area contributed by atoms with Crippen LogP contribution in [-0.4, -0.2) is 24.7 Å². The maximum Gasteiger partial charge on any atom is 0.256 e. The summed E-state index contributed by atoms with van der Waals surface area (Å²) < 4.78 is 11.5. The van der Waals surface area contributed by atoms with Crippen molar-refractivity contribution in [3.05, 3.63) is 23.8 Å². The summed E-state index contributed by atoms with van der Waals surface area (Å²) in [4.78, 5) is 12.8. The number of amides is 1. The third-order valence-electron chi connectivity index (χ3n) is 3.83. The van der Waals surface area contributed by atoms with Gasteiger partial charge in [-0.1, -0.05) is 34.6 Å². The van der Waals surface area contributed by atoms with Crippen LogP contribution in [0.25, 0.3) is 0 Å². The Morgan fingerprint density at radius 3 is 2.50 bits per heavy atom. The van der Waals surface area contributed by atoms with E-state index in [1.165, 1.54) is 0 Å². The Bertz CT molecular complexity index is 635. The molecule has 144 valence electrons. The van der Waals surface area contributed by atoms with Crippen LogP contribution in [0.4, 0.5) is 5.69 Å². The molecule has 5 heteroatoms. The molecule has 0 bridgehead atoms. The zero-order chi connectivity index (χ0) is 19.7. The summed E-state index contributed by atoms with van der Waals surface area (Å²) in [6.07, 6.45) is 1.47. The second-order valence-electron chi connectivity index (χ2n) is 7.66. The molecule has 0 heterocycles. The van der Waals surface area contributed by atoms with Crippen molar-refractivity contribution in [2.45, 2.75) is 60.0 Å². The zero-order valence-electron chi connectivity index (χ0n) is 16.9. The van der Waals surface area contributed by atoms with Crippen molar-refractivity contribution in [2.24, 2.45) is 11.8 Å². The molecule has 5 nitrogen and oxygen atoms in total. The van der Waals surface area contributed by atoms with E-state index < -0.39 is 5.60 Å². The molecule has 0 saturated heterocycles. The standard InChI is InChI=1S/C21H32N2O3/c1-7-10-26-21(6,12-15(2)3)20(24)23-18-8-9-19(17(11-18)13-22)25-14-16(4)5/h8-9,11,15-16H,7,10,12,14H2,1-6H3,(H,23,24)/t21-/m1/s1. The smallest absolute Gasteiger partial charge is 0.256 e. The molecule has 1 N–H and O–H groups in total. The molecule has 0 aromatic heterocycles. The lowest BCUT2D eigenvalue weighted by atomic mass is 9.93. The van der Waals surface area contributed by atoms with Crippen LogP contribution in [0.1, 0.15) is 59.9 Å². The Labute approximate surface area is 157 Å². The average molecular weight is 360 g/mol. The molecule has 1 aromatic rings. The van der Waals surface area contributed by atoms with Gasteiger partial charge < -0.3 is 14.8 Å². The van der Waals surface area contributed by atoms with Gasteiger partial charge in [0, 0.05) is 12.3 Å². The molecule has 0 aliphatic carbocycles. The Balaban J connectivity index is 2.94. The number of benzene rings is 1. The monoisotopic (exact) mass is 360 g/mol. The van der Waals surface area contributed by atoms with Gasteiger partial charge in [-0.3, -0.25) is 4.79 Å². The summed E-state index contributed by atoms with van der Waals surface area (Å²) in [7, 11) is 0. The number of anilines is 1. The molecule has 0 unspecified atom stereocenters. The second kappa shape index (κ2) is 10.2. The average Bonchev–Trinajstić information content (AvgIpc) is 2.57. The van der Waals surface area contributed by atoms with Crippen LogP contribution in [0.3, 0.4) is 0 Å². The van der Waals surface area contributed by atoms with E-state index in [1.807, 2.05) is 27.7 Å². The molecular formula is C21H32N2O3. The lowest BCUT2D eigenvalue weighted by Crippen LogP contribution is -2.44. The predicted molar refractivity (Wildman–Crippen MR) is 104 cm³/mol. The summed E-state index contributed by atoms with van der Waals surface area (Å²) >= 11 is 0. The Hall–Kier alpha value is -2.06. The minimum Gasteiger partial charge on any atom is -0.492 e. The van der Waals surface area contributed by atoms with Gasteiger partial charge in [0.05, 0.1) is 12.2 Å². The molecule has 1 rings (SSSR count). The van der Waals surface area contributed by atoms with Crippen LogP contribution in [0, 0.1) is 23.2 Å². The number of carbonyl (C=O) groups is 1. The Morgan fingerprint density at radius 1 is 1.27 bits per heavy atom. The van der Waals surface area contributed by atoms with Gasteiger partial charge in [0.15, 0.2) is 0 Å². The van der Waals surface area contributed by atoms with E-state index in [9.17, 15) is 10.1 Å². The first kappa shape index (κ1) is 22.0. The van der Waals surface area contributed by atoms with E-state index in [1.54, 1.807) is 18.2 Å². The van der Waals surface area contributed by atoms with Gasteiger partial charge >= 0.3 is 0 Å². The van der Waals surface area contributed by atoms with Crippen LogP contribution in [-0.2, 0) is 9.53 Å². The van der Waals surface area contributed by atoms with Crippen LogP contribution >= 0.6 is 0 Å². The first-order chi connectivity index (χ1) is 12.2. The van der Waals surface area contributed by atoms with Crippen LogP contribution in [0.15, 0.2) is 18.2 Å². The minimum absolute atomic E-state index is 0.195. The van der Waals surface area contributed by atoms with Gasteiger partial charge in [-0.2, -0.15) is 5.26 Å². The van der Waals surface area contributed by atoms with Crippen molar-refractivity contribution in [2.75, 3.05) is 18.5 Å². The number of ether oxygens (including phenoxy) is 2. The third-order valence-corrected chi connectivity index (χ3v) is 3.83. The van der Waals surface area contributed by atoms with Gasteiger partial charge in [0.25, 0.3) is 5.91 Å². The molecule has 1 aromatic carbocycles. The van der Waals surface area contributed by atoms with E-state index in [0.717, 1.165) is 6.42 Å². The summed E-state index contributed by atoms with van der Waals surface area (Å²) in [6.45, 7) is 13.1. The summed E-state index contributed by atoms with van der Waals surface area (Å²) in [5.41, 5.74) is 0.0751. The van der Waals surface area contributed by atoms with E-state index in [2.05, 4.69) is 25.2 Å². The van der Waals surface area contributed by atoms with Crippen molar-refractivity contribution < 1.29 is 14.3 Å². The molecule has 26 heavy (non-hydrogen) atoms. The highest BCUT2D eigenvalue weighted by molar-refractivity contribution is 5.97. The molecule has 0 aliphatic heterocycles. The fourth-order valence-corrected chi connectivity index (χ4v) is 2.66. The largest absolute Gasteiger partial charge is 0.492 e. The molecule has 0 aliphatic rings. The minimum atomic E-state index is -0.899. The molecule has 1 atom stereocenters. The second-order valence-corrected chi connectivity index (χ2v) is 7.66. The molecular weight excluding hydrogens is 328 g/mol. The van der Waals surface area contributed by atoms with E-state index in [4.69, 9.17) is 9.47 Å². The van der Waals surface area contributed by atoms with Crippen molar-refractivity contribution in [1.82, 2.24) is 0 Å². The maximum absolute atomic E-state index is 12.8. The summed E-state index contributed by atoms with van der Waals surface area (Å²) in [5.74, 6) is 1.03. The number of carbonyl (C=O) groups excluding carboxylic acids is 1. The number of rotatable bonds is 10. The fraction of sp³-hybridized carbons (Fsp3) is 0.619. The topological polar surface area (TPSA) is 71.3 Å². The highest BCUT2D eigenvalue weighted by atomic mass is 16.5. The van der Waals surface area contributed by atoms with E-state index >= 15 is 0 Å². The highest BCUT2D eigenvalue weighted by Gasteiger charge is 2.35. The zero-order valence-corrected chi connectivity index (χ0v) is 16.9. The number of nitriles is 1. The molecule has 0 radical (unpaired) electrons. The molecule has 1 amide bonds. The first-order valence-electron chi connectivity index (χ1n) is 9.34. The van der Waals surface area contributed by atoms with E-state index in [-0.39, 0.29) is 5.91 Å². The van der Waals surface area contributed by atoms with Gasteiger partial charge in [-0.05, 0) is 49.8 Å². The Kier molecular flexibility index (Phi) is 8.60. The summed E-state index contributed by atoms with van der Waals surface area (Å²) in [6, 6.07) is 7.25. The quantitative estimate of drug-likeness (QED) is 0.653. The normalized spacial score (nSPS) is 13.3. The van der Waals surface area contributed by atoms with Gasteiger partial charge in [0.1, 0.15) is 17.4 Å².